The summed E-state index contributed by atoms with van der Waals surface area (Å²) in [6.07, 6.45) is 5.37. The molecule has 1 unspecified atom stereocenters. The van der Waals surface area contributed by atoms with Gasteiger partial charge in [-0.15, -0.1) is 0 Å². The van der Waals surface area contributed by atoms with Gasteiger partial charge in [-0.05, 0) is 64.6 Å². The minimum absolute atomic E-state index is 0.144. The summed E-state index contributed by atoms with van der Waals surface area (Å²) in [5.41, 5.74) is 3.41. The van der Waals surface area contributed by atoms with E-state index >= 15 is 0 Å². The van der Waals surface area contributed by atoms with Gasteiger partial charge in [0.15, 0.2) is 0 Å². The van der Waals surface area contributed by atoms with Gasteiger partial charge in [-0.3, -0.25) is 4.98 Å². The Morgan fingerprint density at radius 3 is 2.80 bits per heavy atom. The van der Waals surface area contributed by atoms with Crippen molar-refractivity contribution in [3.05, 3.63) is 63.6 Å². The van der Waals surface area contributed by atoms with E-state index in [0.717, 1.165) is 18.4 Å². The van der Waals surface area contributed by atoms with E-state index in [1.165, 1.54) is 17.2 Å². The Bertz CT molecular complexity index is 586. The summed E-state index contributed by atoms with van der Waals surface area (Å²) in [5.74, 6) is -0.220. The molecular formula is C16H18BrFN2. The van der Waals surface area contributed by atoms with E-state index in [0.29, 0.717) is 4.47 Å². The average molecular weight is 337 g/mol. The third-order valence-corrected chi connectivity index (χ3v) is 4.39. The first-order valence-corrected chi connectivity index (χ1v) is 7.49. The molecule has 1 atom stereocenters. The van der Waals surface area contributed by atoms with Crippen LogP contribution in [0, 0.1) is 5.82 Å². The quantitative estimate of drug-likeness (QED) is 0.890. The molecule has 0 radical (unpaired) electrons. The SMILES string of the molecule is CCc1cnccc1C(Cc1cccc(F)c1Br)NC. The van der Waals surface area contributed by atoms with Crippen molar-refractivity contribution in [1.82, 2.24) is 10.3 Å². The minimum Gasteiger partial charge on any atom is -0.313 e. The Morgan fingerprint density at radius 2 is 2.10 bits per heavy atom. The van der Waals surface area contributed by atoms with Crippen LogP contribution in [0.5, 0.6) is 0 Å². The van der Waals surface area contributed by atoms with E-state index in [1.807, 2.05) is 25.4 Å². The molecule has 2 aromatic rings. The maximum Gasteiger partial charge on any atom is 0.137 e. The topological polar surface area (TPSA) is 24.9 Å². The highest BCUT2D eigenvalue weighted by molar-refractivity contribution is 9.10. The average Bonchev–Trinajstić information content (AvgIpc) is 2.49. The molecule has 0 aliphatic heterocycles. The molecule has 0 aliphatic carbocycles. The first-order valence-electron chi connectivity index (χ1n) is 6.70. The number of nitrogens with one attached hydrogen (secondary N) is 1. The van der Waals surface area contributed by atoms with Gasteiger partial charge in [0, 0.05) is 18.4 Å². The predicted molar refractivity (Wildman–Crippen MR) is 83.2 cm³/mol. The maximum atomic E-state index is 13.6. The van der Waals surface area contributed by atoms with E-state index < -0.39 is 0 Å². The molecular weight excluding hydrogens is 319 g/mol. The lowest BCUT2D eigenvalue weighted by atomic mass is 9.95. The largest absolute Gasteiger partial charge is 0.313 e. The number of aromatic nitrogens is 1. The summed E-state index contributed by atoms with van der Waals surface area (Å²) in [7, 11) is 1.93. The van der Waals surface area contributed by atoms with Crippen LogP contribution in [0.1, 0.15) is 29.7 Å². The van der Waals surface area contributed by atoms with Crippen molar-refractivity contribution in [2.75, 3.05) is 7.05 Å². The van der Waals surface area contributed by atoms with E-state index in [2.05, 4.69) is 33.2 Å². The normalized spacial score (nSPS) is 12.4. The van der Waals surface area contributed by atoms with Crippen molar-refractivity contribution < 1.29 is 4.39 Å². The Kier molecular flexibility index (Phi) is 5.26. The zero-order chi connectivity index (χ0) is 14.5. The van der Waals surface area contributed by atoms with Gasteiger partial charge in [0.25, 0.3) is 0 Å². The lowest BCUT2D eigenvalue weighted by Crippen LogP contribution is -2.20. The second-order valence-corrected chi connectivity index (χ2v) is 5.48. The van der Waals surface area contributed by atoms with Gasteiger partial charge < -0.3 is 5.32 Å². The lowest BCUT2D eigenvalue weighted by Gasteiger charge is -2.20. The molecule has 1 heterocycles. The molecule has 0 saturated heterocycles. The fourth-order valence-corrected chi connectivity index (χ4v) is 2.79. The number of likely N-dealkylation sites (N-methyl/N-ethyl adjacent to an activating group) is 1. The first-order chi connectivity index (χ1) is 9.67. The van der Waals surface area contributed by atoms with Crippen LogP contribution in [0.2, 0.25) is 0 Å². The Labute approximate surface area is 127 Å². The zero-order valence-electron chi connectivity index (χ0n) is 11.7. The summed E-state index contributed by atoms with van der Waals surface area (Å²) in [4.78, 5) is 4.17. The van der Waals surface area contributed by atoms with Crippen LogP contribution in [-0.4, -0.2) is 12.0 Å². The maximum absolute atomic E-state index is 13.6. The van der Waals surface area contributed by atoms with Crippen molar-refractivity contribution in [1.29, 1.82) is 0 Å². The monoisotopic (exact) mass is 336 g/mol. The van der Waals surface area contributed by atoms with Gasteiger partial charge in [-0.25, -0.2) is 4.39 Å². The van der Waals surface area contributed by atoms with Crippen LogP contribution in [0.25, 0.3) is 0 Å². The molecule has 1 aromatic heterocycles. The molecule has 0 saturated carbocycles. The molecule has 2 rings (SSSR count). The number of aryl methyl sites for hydroxylation is 1. The summed E-state index contributed by atoms with van der Waals surface area (Å²) in [5, 5.41) is 3.32. The van der Waals surface area contributed by atoms with E-state index in [9.17, 15) is 4.39 Å². The number of rotatable bonds is 5. The summed E-state index contributed by atoms with van der Waals surface area (Å²) >= 11 is 3.33. The van der Waals surface area contributed by atoms with Gasteiger partial charge in [0.05, 0.1) is 4.47 Å². The molecule has 0 aliphatic rings. The lowest BCUT2D eigenvalue weighted by molar-refractivity contribution is 0.575. The van der Waals surface area contributed by atoms with Crippen molar-refractivity contribution in [2.24, 2.45) is 0 Å². The number of hydrogen-bond donors (Lipinski definition) is 1. The molecule has 0 spiro atoms. The van der Waals surface area contributed by atoms with Gasteiger partial charge in [-0.1, -0.05) is 19.1 Å². The molecule has 1 aromatic carbocycles. The van der Waals surface area contributed by atoms with E-state index in [-0.39, 0.29) is 11.9 Å². The molecule has 0 amide bonds. The van der Waals surface area contributed by atoms with Gasteiger partial charge in [0.1, 0.15) is 5.82 Å². The molecule has 20 heavy (non-hydrogen) atoms. The van der Waals surface area contributed by atoms with Crippen molar-refractivity contribution in [3.8, 4) is 0 Å². The van der Waals surface area contributed by atoms with Gasteiger partial charge in [0.2, 0.25) is 0 Å². The molecule has 106 valence electrons. The number of hydrogen-bond acceptors (Lipinski definition) is 2. The molecule has 1 N–H and O–H groups in total. The standard InChI is InChI=1S/C16H18BrFN2/c1-3-11-10-20-8-7-13(11)15(19-2)9-12-5-4-6-14(18)16(12)17/h4-8,10,15,19H,3,9H2,1-2H3. The number of pyridine rings is 1. The molecule has 2 nitrogen and oxygen atoms in total. The Morgan fingerprint density at radius 1 is 1.30 bits per heavy atom. The summed E-state index contributed by atoms with van der Waals surface area (Å²) in [6.45, 7) is 2.12. The summed E-state index contributed by atoms with van der Waals surface area (Å²) in [6, 6.07) is 7.34. The predicted octanol–water partition coefficient (Wildman–Crippen LogP) is 4.05. The molecule has 0 fully saturated rings. The number of halogens is 2. The van der Waals surface area contributed by atoms with Crippen molar-refractivity contribution in [3.63, 3.8) is 0 Å². The highest BCUT2D eigenvalue weighted by Crippen LogP contribution is 2.27. The van der Waals surface area contributed by atoms with Crippen LogP contribution in [0.15, 0.2) is 41.1 Å². The van der Waals surface area contributed by atoms with Crippen LogP contribution in [-0.2, 0) is 12.8 Å². The first kappa shape index (κ1) is 15.1. The van der Waals surface area contributed by atoms with Gasteiger partial charge >= 0.3 is 0 Å². The smallest absolute Gasteiger partial charge is 0.137 e. The van der Waals surface area contributed by atoms with E-state index in [4.69, 9.17) is 0 Å². The highest BCUT2D eigenvalue weighted by Gasteiger charge is 2.16. The fourth-order valence-electron chi connectivity index (χ4n) is 2.37. The van der Waals surface area contributed by atoms with Crippen LogP contribution in [0.3, 0.4) is 0 Å². The minimum atomic E-state index is -0.220. The van der Waals surface area contributed by atoms with Crippen LogP contribution in [0.4, 0.5) is 4.39 Å². The third-order valence-electron chi connectivity index (χ3n) is 3.50. The van der Waals surface area contributed by atoms with Crippen molar-refractivity contribution in [2.45, 2.75) is 25.8 Å². The summed E-state index contributed by atoms with van der Waals surface area (Å²) < 4.78 is 14.2. The molecule has 0 bridgehead atoms. The fraction of sp³-hybridized carbons (Fsp3) is 0.312. The third kappa shape index (κ3) is 3.25. The second kappa shape index (κ2) is 6.95. The second-order valence-electron chi connectivity index (χ2n) is 4.69. The van der Waals surface area contributed by atoms with E-state index in [1.54, 1.807) is 12.3 Å². The van der Waals surface area contributed by atoms with Gasteiger partial charge in [-0.2, -0.15) is 0 Å². The zero-order valence-corrected chi connectivity index (χ0v) is 13.2. The van der Waals surface area contributed by atoms with Crippen molar-refractivity contribution >= 4 is 15.9 Å². The van der Waals surface area contributed by atoms with Crippen LogP contribution >= 0.6 is 15.9 Å². The number of nitrogens with zero attached hydrogens (tertiary/aromatic N) is 1. The van der Waals surface area contributed by atoms with Crippen LogP contribution < -0.4 is 5.32 Å². The number of benzene rings is 1. The Balaban J connectivity index is 2.31. The Hall–Kier alpha value is -1.26. The highest BCUT2D eigenvalue weighted by atomic mass is 79.9. The molecule has 4 heteroatoms.